The molecule has 2 N–H and O–H groups in total. The fraction of sp³-hybridized carbons (Fsp3) is 0.714. The number of rotatable bonds is 2. The summed E-state index contributed by atoms with van der Waals surface area (Å²) in [6.45, 7) is 6.32. The minimum Gasteiger partial charge on any atom is -0.387 e. The van der Waals surface area contributed by atoms with Crippen LogP contribution >= 0.6 is 0 Å². The molecule has 1 aromatic heterocycles. The van der Waals surface area contributed by atoms with E-state index in [2.05, 4.69) is 25.8 Å². The summed E-state index contributed by atoms with van der Waals surface area (Å²) in [4.78, 5) is 3.36. The molecule has 0 bridgehead atoms. The largest absolute Gasteiger partial charge is 0.387 e. The molecule has 1 aliphatic rings. The third-order valence-corrected chi connectivity index (χ3v) is 4.24. The maximum atomic E-state index is 10.4. The summed E-state index contributed by atoms with van der Waals surface area (Å²) in [6.07, 6.45) is 5.96. The predicted molar refractivity (Wildman–Crippen MR) is 66.5 cm³/mol. The van der Waals surface area contributed by atoms with E-state index in [0.29, 0.717) is 5.92 Å². The van der Waals surface area contributed by atoms with Crippen LogP contribution in [-0.4, -0.2) is 10.1 Å². The van der Waals surface area contributed by atoms with Crippen LogP contribution in [0.5, 0.6) is 0 Å². The summed E-state index contributed by atoms with van der Waals surface area (Å²) in [5.74, 6) is 0.463. The second-order valence-electron chi connectivity index (χ2n) is 5.26. The van der Waals surface area contributed by atoms with Crippen LogP contribution in [0.4, 0.5) is 0 Å². The van der Waals surface area contributed by atoms with Gasteiger partial charge in [-0.1, -0.05) is 19.3 Å². The van der Waals surface area contributed by atoms with Crippen LogP contribution in [0.1, 0.15) is 60.7 Å². The maximum Gasteiger partial charge on any atom is 0.0968 e. The lowest BCUT2D eigenvalue weighted by atomic mass is 9.83. The number of nitrogens with one attached hydrogen (secondary N) is 1. The van der Waals surface area contributed by atoms with E-state index in [1.54, 1.807) is 0 Å². The van der Waals surface area contributed by atoms with Gasteiger partial charge in [-0.2, -0.15) is 0 Å². The molecule has 1 atom stereocenters. The number of H-pyrrole nitrogens is 1. The lowest BCUT2D eigenvalue weighted by Gasteiger charge is -2.26. The van der Waals surface area contributed by atoms with Crippen molar-refractivity contribution in [1.82, 2.24) is 4.98 Å². The maximum absolute atomic E-state index is 10.4. The molecule has 1 saturated carbocycles. The SMILES string of the molecule is Cc1[nH]c(C(O)C2CCCCC2)c(C)c1C. The number of aliphatic hydroxyl groups excluding tert-OH is 1. The average Bonchev–Trinajstić information content (AvgIpc) is 2.57. The molecule has 1 heterocycles. The summed E-state index contributed by atoms with van der Waals surface area (Å²) in [7, 11) is 0. The lowest BCUT2D eigenvalue weighted by Crippen LogP contribution is -2.17. The molecule has 0 aliphatic heterocycles. The molecule has 2 rings (SSSR count). The van der Waals surface area contributed by atoms with Gasteiger partial charge in [0.25, 0.3) is 0 Å². The van der Waals surface area contributed by atoms with Crippen LogP contribution in [0.25, 0.3) is 0 Å². The van der Waals surface area contributed by atoms with Gasteiger partial charge in [0.1, 0.15) is 0 Å². The number of hydrogen-bond donors (Lipinski definition) is 2. The zero-order chi connectivity index (χ0) is 11.7. The highest BCUT2D eigenvalue weighted by Crippen LogP contribution is 2.36. The molecule has 1 aromatic rings. The van der Waals surface area contributed by atoms with Crippen LogP contribution < -0.4 is 0 Å². The Morgan fingerprint density at radius 3 is 2.19 bits per heavy atom. The summed E-state index contributed by atoms with van der Waals surface area (Å²) in [5, 5.41) is 10.4. The van der Waals surface area contributed by atoms with E-state index in [1.165, 1.54) is 48.9 Å². The van der Waals surface area contributed by atoms with E-state index in [-0.39, 0.29) is 6.10 Å². The average molecular weight is 221 g/mol. The first-order chi connectivity index (χ1) is 7.61. The molecule has 0 aromatic carbocycles. The highest BCUT2D eigenvalue weighted by atomic mass is 16.3. The molecule has 1 aliphatic carbocycles. The Hall–Kier alpha value is -0.760. The number of aromatic amines is 1. The normalized spacial score (nSPS) is 20.0. The van der Waals surface area contributed by atoms with Crippen LogP contribution in [0.15, 0.2) is 0 Å². The van der Waals surface area contributed by atoms with Gasteiger partial charge in [0, 0.05) is 11.4 Å². The van der Waals surface area contributed by atoms with Gasteiger partial charge in [-0.05, 0) is 50.7 Å². The standard InChI is InChI=1S/C14H23NO/c1-9-10(2)13(15-11(9)3)14(16)12-7-5-4-6-8-12/h12,14-16H,4-8H2,1-3H3. The molecule has 0 amide bonds. The first-order valence-corrected chi connectivity index (χ1v) is 6.45. The minimum atomic E-state index is -0.285. The van der Waals surface area contributed by atoms with Gasteiger partial charge in [-0.15, -0.1) is 0 Å². The second-order valence-corrected chi connectivity index (χ2v) is 5.26. The first-order valence-electron chi connectivity index (χ1n) is 6.45. The third kappa shape index (κ3) is 2.03. The molecule has 90 valence electrons. The molecule has 2 heteroatoms. The van der Waals surface area contributed by atoms with Gasteiger partial charge in [0.2, 0.25) is 0 Å². The molecule has 1 unspecified atom stereocenters. The van der Waals surface area contributed by atoms with Crippen molar-refractivity contribution < 1.29 is 5.11 Å². The Labute approximate surface area is 98.1 Å². The van der Waals surface area contributed by atoms with Gasteiger partial charge in [0.15, 0.2) is 0 Å². The Balaban J connectivity index is 2.19. The fourth-order valence-electron chi connectivity index (χ4n) is 2.85. The van der Waals surface area contributed by atoms with Crippen molar-refractivity contribution in [2.24, 2.45) is 5.92 Å². The van der Waals surface area contributed by atoms with E-state index in [4.69, 9.17) is 0 Å². The fourth-order valence-corrected chi connectivity index (χ4v) is 2.85. The van der Waals surface area contributed by atoms with Crippen molar-refractivity contribution in [2.45, 2.75) is 59.0 Å². The Bertz CT molecular complexity index is 361. The van der Waals surface area contributed by atoms with Crippen molar-refractivity contribution in [3.63, 3.8) is 0 Å². The monoisotopic (exact) mass is 221 g/mol. The third-order valence-electron chi connectivity index (χ3n) is 4.24. The highest BCUT2D eigenvalue weighted by Gasteiger charge is 2.26. The number of aromatic nitrogens is 1. The highest BCUT2D eigenvalue weighted by molar-refractivity contribution is 5.35. The first kappa shape index (κ1) is 11.7. The van der Waals surface area contributed by atoms with E-state index >= 15 is 0 Å². The lowest BCUT2D eigenvalue weighted by molar-refractivity contribution is 0.0810. The van der Waals surface area contributed by atoms with E-state index in [9.17, 15) is 5.11 Å². The Morgan fingerprint density at radius 2 is 1.69 bits per heavy atom. The molecule has 0 saturated heterocycles. The molecule has 16 heavy (non-hydrogen) atoms. The molecular formula is C14H23NO. The molecule has 1 fully saturated rings. The summed E-state index contributed by atoms with van der Waals surface area (Å²) in [6, 6.07) is 0. The van der Waals surface area contributed by atoms with Gasteiger partial charge in [-0.25, -0.2) is 0 Å². The summed E-state index contributed by atoms with van der Waals surface area (Å²) in [5.41, 5.74) is 4.80. The minimum absolute atomic E-state index is 0.285. The molecule has 0 radical (unpaired) electrons. The van der Waals surface area contributed by atoms with Gasteiger partial charge in [-0.3, -0.25) is 0 Å². The second kappa shape index (κ2) is 4.62. The summed E-state index contributed by atoms with van der Waals surface area (Å²) < 4.78 is 0. The van der Waals surface area contributed by atoms with Crippen molar-refractivity contribution in [3.05, 3.63) is 22.5 Å². The van der Waals surface area contributed by atoms with Crippen LogP contribution in [0.2, 0.25) is 0 Å². The topological polar surface area (TPSA) is 36.0 Å². The van der Waals surface area contributed by atoms with Crippen molar-refractivity contribution in [3.8, 4) is 0 Å². The zero-order valence-electron chi connectivity index (χ0n) is 10.6. The Morgan fingerprint density at radius 1 is 1.06 bits per heavy atom. The van der Waals surface area contributed by atoms with Crippen molar-refractivity contribution in [1.29, 1.82) is 0 Å². The molecule has 0 spiro atoms. The van der Waals surface area contributed by atoms with Crippen molar-refractivity contribution >= 4 is 0 Å². The van der Waals surface area contributed by atoms with Crippen molar-refractivity contribution in [2.75, 3.05) is 0 Å². The zero-order valence-corrected chi connectivity index (χ0v) is 10.6. The van der Waals surface area contributed by atoms with Crippen LogP contribution in [0, 0.1) is 26.7 Å². The summed E-state index contributed by atoms with van der Waals surface area (Å²) >= 11 is 0. The van der Waals surface area contributed by atoms with Crippen LogP contribution in [0.3, 0.4) is 0 Å². The molecule has 2 nitrogen and oxygen atoms in total. The van der Waals surface area contributed by atoms with Gasteiger partial charge >= 0.3 is 0 Å². The number of aryl methyl sites for hydroxylation is 1. The van der Waals surface area contributed by atoms with Crippen LogP contribution in [-0.2, 0) is 0 Å². The van der Waals surface area contributed by atoms with E-state index in [1.807, 2.05) is 0 Å². The predicted octanol–water partition coefficient (Wildman–Crippen LogP) is 3.55. The number of hydrogen-bond acceptors (Lipinski definition) is 1. The molecular weight excluding hydrogens is 198 g/mol. The van der Waals surface area contributed by atoms with E-state index in [0.717, 1.165) is 5.69 Å². The van der Waals surface area contributed by atoms with E-state index < -0.39 is 0 Å². The van der Waals surface area contributed by atoms with Gasteiger partial charge in [0.05, 0.1) is 6.10 Å². The Kier molecular flexibility index (Phi) is 3.38. The number of aliphatic hydroxyl groups is 1. The quantitative estimate of drug-likeness (QED) is 0.787. The smallest absolute Gasteiger partial charge is 0.0968 e. The van der Waals surface area contributed by atoms with Gasteiger partial charge < -0.3 is 10.1 Å².